The van der Waals surface area contributed by atoms with Gasteiger partial charge in [-0.25, -0.2) is 0 Å². The predicted octanol–water partition coefficient (Wildman–Crippen LogP) is 3.15. The van der Waals surface area contributed by atoms with E-state index >= 15 is 0 Å². The minimum Gasteiger partial charge on any atom is -0.497 e. The van der Waals surface area contributed by atoms with Crippen LogP contribution in [-0.4, -0.2) is 30.5 Å². The number of halogens is 1. The van der Waals surface area contributed by atoms with Crippen molar-refractivity contribution in [2.24, 2.45) is 11.7 Å². The van der Waals surface area contributed by atoms with Crippen molar-refractivity contribution in [1.29, 1.82) is 0 Å². The quantitative estimate of drug-likeness (QED) is 0.811. The molecule has 23 heavy (non-hydrogen) atoms. The zero-order valence-electron chi connectivity index (χ0n) is 13.7. The van der Waals surface area contributed by atoms with E-state index in [1.807, 2.05) is 29.2 Å². The number of ether oxygens (including phenoxy) is 1. The molecule has 1 aromatic rings. The van der Waals surface area contributed by atoms with Gasteiger partial charge in [-0.1, -0.05) is 24.6 Å². The van der Waals surface area contributed by atoms with Crippen molar-refractivity contribution >= 4 is 18.3 Å². The third-order valence-electron chi connectivity index (χ3n) is 4.26. The van der Waals surface area contributed by atoms with Gasteiger partial charge in [0.15, 0.2) is 0 Å². The van der Waals surface area contributed by atoms with Crippen molar-refractivity contribution < 1.29 is 9.53 Å². The molecule has 0 bridgehead atoms. The Kier molecular flexibility index (Phi) is 8.13. The molecule has 0 aromatic heterocycles. The highest BCUT2D eigenvalue weighted by molar-refractivity contribution is 5.85. The van der Waals surface area contributed by atoms with E-state index in [1.165, 1.54) is 0 Å². The summed E-state index contributed by atoms with van der Waals surface area (Å²) in [5.74, 6) is 1.08. The summed E-state index contributed by atoms with van der Waals surface area (Å²) in [4.78, 5) is 14.6. The van der Waals surface area contributed by atoms with Gasteiger partial charge in [0.25, 0.3) is 0 Å². The lowest BCUT2D eigenvalue weighted by Gasteiger charge is -2.31. The molecule has 2 unspecified atom stereocenters. The molecule has 2 rings (SSSR count). The first kappa shape index (κ1) is 19.5. The van der Waals surface area contributed by atoms with E-state index in [9.17, 15) is 4.79 Å². The maximum absolute atomic E-state index is 12.8. The van der Waals surface area contributed by atoms with E-state index in [1.54, 1.807) is 13.2 Å². The molecule has 1 saturated carbocycles. The van der Waals surface area contributed by atoms with Crippen LogP contribution in [0.3, 0.4) is 0 Å². The lowest BCUT2D eigenvalue weighted by Crippen LogP contribution is -2.40. The van der Waals surface area contributed by atoms with Crippen molar-refractivity contribution in [3.8, 4) is 5.75 Å². The monoisotopic (exact) mass is 338 g/mol. The van der Waals surface area contributed by atoms with Crippen molar-refractivity contribution in [1.82, 2.24) is 4.90 Å². The molecule has 1 aromatic carbocycles. The summed E-state index contributed by atoms with van der Waals surface area (Å²) in [6.45, 7) is 4.94. The number of methoxy groups -OCH3 is 1. The van der Waals surface area contributed by atoms with Gasteiger partial charge in [0.1, 0.15) is 5.75 Å². The Morgan fingerprint density at radius 2 is 2.09 bits per heavy atom. The molecule has 1 aliphatic rings. The van der Waals surface area contributed by atoms with Gasteiger partial charge >= 0.3 is 0 Å². The highest BCUT2D eigenvalue weighted by atomic mass is 35.5. The molecule has 128 valence electrons. The summed E-state index contributed by atoms with van der Waals surface area (Å²) in [5, 5.41) is 0. The number of carbonyl (C=O) groups is 1. The molecule has 2 N–H and O–H groups in total. The van der Waals surface area contributed by atoms with E-state index in [4.69, 9.17) is 10.5 Å². The van der Waals surface area contributed by atoms with E-state index in [-0.39, 0.29) is 30.3 Å². The largest absolute Gasteiger partial charge is 0.497 e. The fourth-order valence-corrected chi connectivity index (χ4v) is 3.05. The van der Waals surface area contributed by atoms with E-state index in [0.717, 1.165) is 37.0 Å². The molecule has 5 heteroatoms. The highest BCUT2D eigenvalue weighted by Crippen LogP contribution is 2.25. The Balaban J connectivity index is 0.00000264. The summed E-state index contributed by atoms with van der Waals surface area (Å²) >= 11 is 0. The number of nitrogens with two attached hydrogens (primary N) is 1. The predicted molar refractivity (Wildman–Crippen MR) is 95.8 cm³/mol. The molecule has 1 amide bonds. The van der Waals surface area contributed by atoms with Crippen LogP contribution in [0, 0.1) is 5.92 Å². The van der Waals surface area contributed by atoms with Gasteiger partial charge in [0, 0.05) is 25.0 Å². The average Bonchev–Trinajstić information content (AvgIpc) is 2.54. The van der Waals surface area contributed by atoms with Gasteiger partial charge in [-0.3, -0.25) is 4.79 Å². The Labute approximate surface area is 145 Å². The lowest BCUT2D eigenvalue weighted by molar-refractivity contribution is -0.136. The van der Waals surface area contributed by atoms with Crippen molar-refractivity contribution in [3.05, 3.63) is 42.5 Å². The molecular weight excluding hydrogens is 312 g/mol. The molecule has 0 radical (unpaired) electrons. The Hall–Kier alpha value is -1.52. The fourth-order valence-electron chi connectivity index (χ4n) is 3.05. The molecule has 2 atom stereocenters. The summed E-state index contributed by atoms with van der Waals surface area (Å²) in [7, 11) is 1.65. The maximum atomic E-state index is 12.8. The summed E-state index contributed by atoms with van der Waals surface area (Å²) < 4.78 is 5.17. The van der Waals surface area contributed by atoms with E-state index in [0.29, 0.717) is 13.1 Å². The second kappa shape index (κ2) is 9.58. The number of rotatable bonds is 6. The van der Waals surface area contributed by atoms with Crippen LogP contribution in [0.4, 0.5) is 0 Å². The zero-order valence-corrected chi connectivity index (χ0v) is 14.6. The van der Waals surface area contributed by atoms with Crippen molar-refractivity contribution in [2.45, 2.75) is 38.3 Å². The molecule has 1 fully saturated rings. The van der Waals surface area contributed by atoms with Crippen LogP contribution in [0.15, 0.2) is 36.9 Å². The van der Waals surface area contributed by atoms with Crippen molar-refractivity contribution in [3.63, 3.8) is 0 Å². The second-order valence-electron chi connectivity index (χ2n) is 5.98. The maximum Gasteiger partial charge on any atom is 0.226 e. The first-order chi connectivity index (χ1) is 10.6. The van der Waals surface area contributed by atoms with Crippen LogP contribution in [0.5, 0.6) is 5.75 Å². The van der Waals surface area contributed by atoms with Gasteiger partial charge in [-0.05, 0) is 37.0 Å². The van der Waals surface area contributed by atoms with Gasteiger partial charge in [0.05, 0.1) is 7.11 Å². The van der Waals surface area contributed by atoms with E-state index < -0.39 is 0 Å². The molecule has 0 saturated heterocycles. The Morgan fingerprint density at radius 3 is 2.65 bits per heavy atom. The zero-order chi connectivity index (χ0) is 15.9. The van der Waals surface area contributed by atoms with Crippen LogP contribution < -0.4 is 10.5 Å². The van der Waals surface area contributed by atoms with Crippen LogP contribution in [0.2, 0.25) is 0 Å². The highest BCUT2D eigenvalue weighted by Gasteiger charge is 2.28. The number of benzene rings is 1. The van der Waals surface area contributed by atoms with Gasteiger partial charge < -0.3 is 15.4 Å². The number of nitrogens with zero attached hydrogens (tertiary/aromatic N) is 1. The Morgan fingerprint density at radius 1 is 1.39 bits per heavy atom. The first-order valence-electron chi connectivity index (χ1n) is 7.92. The van der Waals surface area contributed by atoms with Crippen LogP contribution in [0.1, 0.15) is 31.2 Å². The van der Waals surface area contributed by atoms with Gasteiger partial charge in [0.2, 0.25) is 5.91 Å². The normalized spacial score (nSPS) is 20.3. The number of amides is 1. The minimum absolute atomic E-state index is 0. The van der Waals surface area contributed by atoms with Crippen molar-refractivity contribution in [2.75, 3.05) is 13.7 Å². The summed E-state index contributed by atoms with van der Waals surface area (Å²) in [6, 6.07) is 7.99. The first-order valence-corrected chi connectivity index (χ1v) is 7.92. The topological polar surface area (TPSA) is 55.6 Å². The summed E-state index contributed by atoms with van der Waals surface area (Å²) in [6.07, 6.45) is 5.60. The molecule has 4 nitrogen and oxygen atoms in total. The number of hydrogen-bond donors (Lipinski definition) is 1. The fraction of sp³-hybridized carbons (Fsp3) is 0.500. The van der Waals surface area contributed by atoms with Crippen LogP contribution in [0.25, 0.3) is 0 Å². The third-order valence-corrected chi connectivity index (χ3v) is 4.26. The molecule has 0 aliphatic heterocycles. The van der Waals surface area contributed by atoms with Gasteiger partial charge in [-0.15, -0.1) is 19.0 Å². The van der Waals surface area contributed by atoms with E-state index in [2.05, 4.69) is 6.58 Å². The minimum atomic E-state index is 0. The third kappa shape index (κ3) is 5.56. The van der Waals surface area contributed by atoms with Crippen LogP contribution in [-0.2, 0) is 11.3 Å². The standard InChI is InChI=1S/C18H26N2O2.ClH/c1-3-11-20(13-14-7-9-17(22-2)10-8-14)18(21)15-5-4-6-16(19)12-15;/h3,7-10,15-16H,1,4-6,11-13,19H2,2H3;1H. The average molecular weight is 339 g/mol. The molecule has 0 spiro atoms. The second-order valence-corrected chi connectivity index (χ2v) is 5.98. The SMILES string of the molecule is C=CCN(Cc1ccc(OC)cc1)C(=O)C1CCCC(N)C1.Cl. The molecule has 0 heterocycles. The molecule has 1 aliphatic carbocycles. The lowest BCUT2D eigenvalue weighted by atomic mass is 9.85. The molecular formula is C18H27ClN2O2. The van der Waals surface area contributed by atoms with Gasteiger partial charge in [-0.2, -0.15) is 0 Å². The Bertz CT molecular complexity index is 504. The number of hydrogen-bond acceptors (Lipinski definition) is 3. The smallest absolute Gasteiger partial charge is 0.226 e. The van der Waals surface area contributed by atoms with Crippen LogP contribution >= 0.6 is 12.4 Å². The summed E-state index contributed by atoms with van der Waals surface area (Å²) in [5.41, 5.74) is 7.11. The number of carbonyl (C=O) groups excluding carboxylic acids is 1.